The van der Waals surface area contributed by atoms with Gasteiger partial charge >= 0.3 is 6.03 Å². The molecule has 1 saturated heterocycles. The summed E-state index contributed by atoms with van der Waals surface area (Å²) in [7, 11) is 0. The summed E-state index contributed by atoms with van der Waals surface area (Å²) in [6, 6.07) is 2.13. The molecule has 1 aromatic heterocycles. The molecule has 1 fully saturated rings. The molecule has 0 saturated carbocycles. The minimum Gasteiger partial charge on any atom is -0.353 e. The topological polar surface area (TPSA) is 52.6 Å². The van der Waals surface area contributed by atoms with E-state index < -0.39 is 0 Å². The van der Waals surface area contributed by atoms with Crippen LogP contribution in [0.5, 0.6) is 0 Å². The molecular weight excluding hydrogens is 254 g/mol. The van der Waals surface area contributed by atoms with E-state index in [0.717, 1.165) is 50.8 Å². The van der Waals surface area contributed by atoms with E-state index in [1.165, 1.54) is 0 Å². The highest BCUT2D eigenvalue weighted by molar-refractivity contribution is 5.74. The Morgan fingerprint density at radius 1 is 1.20 bits per heavy atom. The van der Waals surface area contributed by atoms with Gasteiger partial charge in [-0.15, -0.1) is 0 Å². The Labute approximate surface area is 120 Å². The normalized spacial score (nSPS) is 15.3. The molecule has 0 spiro atoms. The van der Waals surface area contributed by atoms with E-state index in [1.54, 1.807) is 6.33 Å². The molecule has 20 heavy (non-hydrogen) atoms. The number of carbonyl (C=O) groups excluding carboxylic acids is 1. The fourth-order valence-electron chi connectivity index (χ4n) is 2.43. The van der Waals surface area contributed by atoms with E-state index in [-0.39, 0.29) is 6.03 Å². The lowest BCUT2D eigenvalue weighted by molar-refractivity contribution is 0.154. The molecule has 2 heterocycles. The molecule has 6 heteroatoms. The number of aromatic nitrogens is 2. The van der Waals surface area contributed by atoms with E-state index in [4.69, 9.17) is 0 Å². The number of urea groups is 1. The second-order valence-corrected chi connectivity index (χ2v) is 4.95. The van der Waals surface area contributed by atoms with Gasteiger partial charge in [0, 0.05) is 51.0 Å². The predicted molar refractivity (Wildman–Crippen MR) is 78.9 cm³/mol. The Hall–Kier alpha value is -1.85. The van der Waals surface area contributed by atoms with Crippen molar-refractivity contribution in [3.05, 3.63) is 18.1 Å². The van der Waals surface area contributed by atoms with Crippen LogP contribution in [0.2, 0.25) is 0 Å². The third kappa shape index (κ3) is 3.18. The van der Waals surface area contributed by atoms with Crippen molar-refractivity contribution in [1.29, 1.82) is 0 Å². The van der Waals surface area contributed by atoms with Gasteiger partial charge in [-0.1, -0.05) is 0 Å². The highest BCUT2D eigenvalue weighted by Crippen LogP contribution is 2.14. The monoisotopic (exact) mass is 277 g/mol. The average Bonchev–Trinajstić information content (AvgIpc) is 2.48. The number of amides is 2. The largest absolute Gasteiger partial charge is 0.353 e. The van der Waals surface area contributed by atoms with Crippen LogP contribution in [0.4, 0.5) is 10.6 Å². The molecule has 1 aliphatic rings. The maximum atomic E-state index is 12.3. The van der Waals surface area contributed by atoms with Gasteiger partial charge in [0.05, 0.1) is 0 Å². The van der Waals surface area contributed by atoms with Crippen molar-refractivity contribution in [1.82, 2.24) is 19.8 Å². The lowest BCUT2D eigenvalue weighted by Gasteiger charge is -2.37. The van der Waals surface area contributed by atoms with E-state index in [1.807, 2.05) is 36.6 Å². The standard InChI is InChI=1S/C14H23N5O/c1-4-17(5-2)14(20)19-8-6-18(7-9-19)13-10-12(3)15-11-16-13/h10-11H,4-9H2,1-3H3. The van der Waals surface area contributed by atoms with Gasteiger partial charge in [0.2, 0.25) is 0 Å². The van der Waals surface area contributed by atoms with Crippen LogP contribution in [0.15, 0.2) is 12.4 Å². The summed E-state index contributed by atoms with van der Waals surface area (Å²) < 4.78 is 0. The fourth-order valence-corrected chi connectivity index (χ4v) is 2.43. The van der Waals surface area contributed by atoms with Crippen molar-refractivity contribution in [2.45, 2.75) is 20.8 Å². The summed E-state index contributed by atoms with van der Waals surface area (Å²) in [6.07, 6.45) is 1.60. The quantitative estimate of drug-likeness (QED) is 0.837. The Morgan fingerprint density at radius 3 is 2.40 bits per heavy atom. The van der Waals surface area contributed by atoms with Crippen molar-refractivity contribution in [3.63, 3.8) is 0 Å². The minimum atomic E-state index is 0.147. The number of hydrogen-bond acceptors (Lipinski definition) is 4. The lowest BCUT2D eigenvalue weighted by Crippen LogP contribution is -2.53. The molecule has 1 aromatic rings. The maximum absolute atomic E-state index is 12.3. The second kappa shape index (κ2) is 6.54. The third-order valence-electron chi connectivity index (χ3n) is 3.70. The van der Waals surface area contributed by atoms with Gasteiger partial charge in [-0.2, -0.15) is 0 Å². The van der Waals surface area contributed by atoms with Gasteiger partial charge in [-0.25, -0.2) is 14.8 Å². The van der Waals surface area contributed by atoms with Gasteiger partial charge in [0.25, 0.3) is 0 Å². The molecule has 1 aliphatic heterocycles. The van der Waals surface area contributed by atoms with Crippen molar-refractivity contribution in [3.8, 4) is 0 Å². The molecule has 110 valence electrons. The number of rotatable bonds is 3. The van der Waals surface area contributed by atoms with Crippen LogP contribution in [0, 0.1) is 6.92 Å². The summed E-state index contributed by atoms with van der Waals surface area (Å²) in [5, 5.41) is 0. The lowest BCUT2D eigenvalue weighted by atomic mass is 10.3. The summed E-state index contributed by atoms with van der Waals surface area (Å²) in [5.41, 5.74) is 0.969. The summed E-state index contributed by atoms with van der Waals surface area (Å²) >= 11 is 0. The average molecular weight is 277 g/mol. The first-order chi connectivity index (χ1) is 9.65. The van der Waals surface area contributed by atoms with Crippen LogP contribution in [0.25, 0.3) is 0 Å². The van der Waals surface area contributed by atoms with Crippen molar-refractivity contribution in [2.75, 3.05) is 44.2 Å². The molecule has 0 radical (unpaired) electrons. The third-order valence-corrected chi connectivity index (χ3v) is 3.70. The number of hydrogen-bond donors (Lipinski definition) is 0. The zero-order valence-corrected chi connectivity index (χ0v) is 12.5. The van der Waals surface area contributed by atoms with Gasteiger partial charge in [-0.3, -0.25) is 0 Å². The molecular formula is C14H23N5O. The SMILES string of the molecule is CCN(CC)C(=O)N1CCN(c2cc(C)ncn2)CC1. The van der Waals surface area contributed by atoms with Crippen LogP contribution >= 0.6 is 0 Å². The molecule has 2 amide bonds. The number of piperazine rings is 1. The molecule has 0 aromatic carbocycles. The summed E-state index contributed by atoms with van der Waals surface area (Å²) in [6.45, 7) is 10.7. The maximum Gasteiger partial charge on any atom is 0.320 e. The number of carbonyl (C=O) groups is 1. The van der Waals surface area contributed by atoms with E-state index in [9.17, 15) is 4.79 Å². The van der Waals surface area contributed by atoms with Crippen LogP contribution in [0.3, 0.4) is 0 Å². The minimum absolute atomic E-state index is 0.147. The molecule has 0 atom stereocenters. The second-order valence-electron chi connectivity index (χ2n) is 4.95. The van der Waals surface area contributed by atoms with E-state index in [2.05, 4.69) is 14.9 Å². The fraction of sp³-hybridized carbons (Fsp3) is 0.643. The first kappa shape index (κ1) is 14.6. The Morgan fingerprint density at radius 2 is 1.85 bits per heavy atom. The number of anilines is 1. The van der Waals surface area contributed by atoms with Gasteiger partial charge < -0.3 is 14.7 Å². The first-order valence-corrected chi connectivity index (χ1v) is 7.23. The molecule has 0 bridgehead atoms. The highest BCUT2D eigenvalue weighted by atomic mass is 16.2. The molecule has 0 N–H and O–H groups in total. The smallest absolute Gasteiger partial charge is 0.320 e. The number of nitrogens with zero attached hydrogens (tertiary/aromatic N) is 5. The zero-order chi connectivity index (χ0) is 14.5. The van der Waals surface area contributed by atoms with E-state index in [0.29, 0.717) is 0 Å². The summed E-state index contributed by atoms with van der Waals surface area (Å²) in [5.74, 6) is 0.951. The first-order valence-electron chi connectivity index (χ1n) is 7.23. The van der Waals surface area contributed by atoms with Crippen LogP contribution in [-0.4, -0.2) is 65.1 Å². The Bertz CT molecular complexity index is 453. The highest BCUT2D eigenvalue weighted by Gasteiger charge is 2.24. The Kier molecular flexibility index (Phi) is 4.76. The van der Waals surface area contributed by atoms with Gasteiger partial charge in [0.15, 0.2) is 0 Å². The van der Waals surface area contributed by atoms with Crippen molar-refractivity contribution < 1.29 is 4.79 Å². The number of aryl methyl sites for hydroxylation is 1. The van der Waals surface area contributed by atoms with Gasteiger partial charge in [0.1, 0.15) is 12.1 Å². The Balaban J connectivity index is 1.94. The van der Waals surface area contributed by atoms with Crippen LogP contribution in [-0.2, 0) is 0 Å². The molecule has 2 rings (SSSR count). The predicted octanol–water partition coefficient (Wildman–Crippen LogP) is 1.37. The van der Waals surface area contributed by atoms with Crippen LogP contribution in [0.1, 0.15) is 19.5 Å². The van der Waals surface area contributed by atoms with Gasteiger partial charge in [-0.05, 0) is 20.8 Å². The van der Waals surface area contributed by atoms with Crippen LogP contribution < -0.4 is 4.90 Å². The zero-order valence-electron chi connectivity index (χ0n) is 12.5. The summed E-state index contributed by atoms with van der Waals surface area (Å²) in [4.78, 5) is 26.7. The molecule has 0 unspecified atom stereocenters. The van der Waals surface area contributed by atoms with E-state index >= 15 is 0 Å². The molecule has 0 aliphatic carbocycles. The molecule has 6 nitrogen and oxygen atoms in total. The van der Waals surface area contributed by atoms with Crippen molar-refractivity contribution in [2.24, 2.45) is 0 Å². The van der Waals surface area contributed by atoms with Crippen molar-refractivity contribution >= 4 is 11.8 Å².